The standard InChI is InChI=1S/C8H9N3O4/c1-2-5-3-4-6(9)8(11(14)15)7(5)10(12)13/h3-4H,2,9H2,1H3. The Kier molecular flexibility index (Phi) is 2.84. The molecule has 0 aliphatic carbocycles. The van der Waals surface area contributed by atoms with E-state index in [1.165, 1.54) is 12.1 Å². The summed E-state index contributed by atoms with van der Waals surface area (Å²) in [5, 5.41) is 21.3. The third-order valence-corrected chi connectivity index (χ3v) is 2.01. The van der Waals surface area contributed by atoms with Gasteiger partial charge in [0.1, 0.15) is 5.69 Å². The summed E-state index contributed by atoms with van der Waals surface area (Å²) in [5.41, 5.74) is 4.32. The number of nitro groups is 2. The zero-order valence-electron chi connectivity index (χ0n) is 7.97. The van der Waals surface area contributed by atoms with Gasteiger partial charge in [0.15, 0.2) is 0 Å². The number of hydrogen-bond acceptors (Lipinski definition) is 5. The summed E-state index contributed by atoms with van der Waals surface area (Å²) in [6.07, 6.45) is 0.345. The summed E-state index contributed by atoms with van der Waals surface area (Å²) in [6, 6.07) is 2.74. The lowest BCUT2D eigenvalue weighted by atomic mass is 10.1. The third-order valence-electron chi connectivity index (χ3n) is 2.01. The maximum Gasteiger partial charge on any atom is 0.368 e. The Balaban J connectivity index is 3.58. The van der Waals surface area contributed by atoms with Gasteiger partial charge in [-0.2, -0.15) is 0 Å². The molecule has 1 rings (SSSR count). The molecule has 0 bridgehead atoms. The van der Waals surface area contributed by atoms with Crippen LogP contribution in [-0.4, -0.2) is 9.85 Å². The minimum atomic E-state index is -0.827. The van der Waals surface area contributed by atoms with E-state index in [0.717, 1.165) is 0 Å². The molecule has 0 aromatic heterocycles. The molecule has 1 aromatic carbocycles. The van der Waals surface area contributed by atoms with Crippen LogP contribution in [0.4, 0.5) is 17.1 Å². The van der Waals surface area contributed by atoms with Crippen LogP contribution in [0.5, 0.6) is 0 Å². The molecule has 0 atom stereocenters. The first-order valence-electron chi connectivity index (χ1n) is 4.19. The van der Waals surface area contributed by atoms with Crippen molar-refractivity contribution in [3.63, 3.8) is 0 Å². The molecule has 7 nitrogen and oxygen atoms in total. The molecule has 0 fully saturated rings. The van der Waals surface area contributed by atoms with Crippen LogP contribution in [0.2, 0.25) is 0 Å². The Morgan fingerprint density at radius 3 is 2.13 bits per heavy atom. The van der Waals surface area contributed by atoms with E-state index >= 15 is 0 Å². The fourth-order valence-corrected chi connectivity index (χ4v) is 1.32. The molecular weight excluding hydrogens is 202 g/mol. The summed E-state index contributed by atoms with van der Waals surface area (Å²) in [7, 11) is 0. The smallest absolute Gasteiger partial charge is 0.368 e. The van der Waals surface area contributed by atoms with Crippen molar-refractivity contribution in [2.75, 3.05) is 5.73 Å². The number of hydrogen-bond donors (Lipinski definition) is 1. The fourth-order valence-electron chi connectivity index (χ4n) is 1.32. The van der Waals surface area contributed by atoms with Crippen LogP contribution < -0.4 is 5.73 Å². The number of aryl methyl sites for hydroxylation is 1. The van der Waals surface area contributed by atoms with E-state index in [1.54, 1.807) is 6.92 Å². The molecule has 0 saturated heterocycles. The lowest BCUT2D eigenvalue weighted by molar-refractivity contribution is -0.422. The molecule has 0 heterocycles. The second-order valence-electron chi connectivity index (χ2n) is 2.88. The van der Waals surface area contributed by atoms with Gasteiger partial charge in [-0.1, -0.05) is 6.92 Å². The van der Waals surface area contributed by atoms with Crippen LogP contribution in [-0.2, 0) is 6.42 Å². The monoisotopic (exact) mass is 211 g/mol. The number of nitrogens with two attached hydrogens (primary N) is 1. The van der Waals surface area contributed by atoms with Gasteiger partial charge in [-0.15, -0.1) is 0 Å². The maximum absolute atomic E-state index is 10.7. The van der Waals surface area contributed by atoms with Crippen LogP contribution in [0.25, 0.3) is 0 Å². The molecule has 15 heavy (non-hydrogen) atoms. The maximum atomic E-state index is 10.7. The molecule has 0 amide bonds. The topological polar surface area (TPSA) is 112 Å². The van der Waals surface area contributed by atoms with Gasteiger partial charge >= 0.3 is 11.4 Å². The summed E-state index contributed by atoms with van der Waals surface area (Å²) >= 11 is 0. The fraction of sp³-hybridized carbons (Fsp3) is 0.250. The van der Waals surface area contributed by atoms with Crippen LogP contribution in [0.1, 0.15) is 12.5 Å². The first-order chi connectivity index (χ1) is 6.99. The van der Waals surface area contributed by atoms with E-state index in [4.69, 9.17) is 5.73 Å². The van der Waals surface area contributed by atoms with Gasteiger partial charge in [-0.05, 0) is 18.6 Å². The van der Waals surface area contributed by atoms with Gasteiger partial charge in [-0.3, -0.25) is 20.2 Å². The highest BCUT2D eigenvalue weighted by molar-refractivity contribution is 5.72. The largest absolute Gasteiger partial charge is 0.393 e. The number of rotatable bonds is 3. The minimum absolute atomic E-state index is 0.191. The second-order valence-corrected chi connectivity index (χ2v) is 2.88. The highest BCUT2D eigenvalue weighted by Crippen LogP contribution is 2.35. The van der Waals surface area contributed by atoms with Crippen LogP contribution in [0.15, 0.2) is 12.1 Å². The van der Waals surface area contributed by atoms with Crippen molar-refractivity contribution in [3.8, 4) is 0 Å². The van der Waals surface area contributed by atoms with E-state index in [2.05, 4.69) is 0 Å². The van der Waals surface area contributed by atoms with E-state index < -0.39 is 21.2 Å². The van der Waals surface area contributed by atoms with Crippen molar-refractivity contribution >= 4 is 17.1 Å². The zero-order chi connectivity index (χ0) is 11.6. The SMILES string of the molecule is CCc1ccc(N)c([N+](=O)[O-])c1[N+](=O)[O-]. The molecule has 0 aliphatic rings. The molecule has 0 spiro atoms. The van der Waals surface area contributed by atoms with Crippen molar-refractivity contribution < 1.29 is 9.85 Å². The number of nitrogen functional groups attached to an aromatic ring is 1. The second kappa shape index (κ2) is 3.91. The van der Waals surface area contributed by atoms with Crippen molar-refractivity contribution in [2.24, 2.45) is 0 Å². The Morgan fingerprint density at radius 1 is 1.20 bits per heavy atom. The Labute approximate surface area is 84.8 Å². The minimum Gasteiger partial charge on any atom is -0.393 e. The first-order valence-corrected chi connectivity index (χ1v) is 4.19. The number of benzene rings is 1. The van der Waals surface area contributed by atoms with Gasteiger partial charge in [0.25, 0.3) is 0 Å². The van der Waals surface area contributed by atoms with E-state index in [-0.39, 0.29) is 5.69 Å². The molecule has 2 N–H and O–H groups in total. The van der Waals surface area contributed by atoms with Crippen LogP contribution in [0, 0.1) is 20.2 Å². The molecule has 0 aliphatic heterocycles. The molecule has 0 unspecified atom stereocenters. The Bertz CT molecular complexity index is 430. The Hall–Kier alpha value is -2.18. The summed E-state index contributed by atoms with van der Waals surface area (Å²) in [5.74, 6) is 0. The summed E-state index contributed by atoms with van der Waals surface area (Å²) in [6.45, 7) is 1.68. The highest BCUT2D eigenvalue weighted by atomic mass is 16.6. The van der Waals surface area contributed by atoms with Gasteiger partial charge in [0.2, 0.25) is 0 Å². The molecule has 1 aromatic rings. The average Bonchev–Trinajstić information content (AvgIpc) is 2.16. The number of nitro benzene ring substituents is 2. The van der Waals surface area contributed by atoms with Crippen molar-refractivity contribution in [2.45, 2.75) is 13.3 Å². The van der Waals surface area contributed by atoms with Crippen LogP contribution in [0.3, 0.4) is 0 Å². The Morgan fingerprint density at radius 2 is 1.73 bits per heavy atom. The van der Waals surface area contributed by atoms with Crippen molar-refractivity contribution in [3.05, 3.63) is 37.9 Å². The lowest BCUT2D eigenvalue weighted by Crippen LogP contribution is -2.03. The van der Waals surface area contributed by atoms with E-state index in [1.807, 2.05) is 0 Å². The number of anilines is 1. The summed E-state index contributed by atoms with van der Waals surface area (Å²) in [4.78, 5) is 19.7. The predicted molar refractivity (Wildman–Crippen MR) is 53.5 cm³/mol. The number of nitrogens with zero attached hydrogens (tertiary/aromatic N) is 2. The summed E-state index contributed by atoms with van der Waals surface area (Å²) < 4.78 is 0. The van der Waals surface area contributed by atoms with E-state index in [9.17, 15) is 20.2 Å². The van der Waals surface area contributed by atoms with Crippen molar-refractivity contribution in [1.29, 1.82) is 0 Å². The van der Waals surface area contributed by atoms with Crippen molar-refractivity contribution in [1.82, 2.24) is 0 Å². The quantitative estimate of drug-likeness (QED) is 0.464. The average molecular weight is 211 g/mol. The molecule has 80 valence electrons. The molecular formula is C8H9N3O4. The highest BCUT2D eigenvalue weighted by Gasteiger charge is 2.30. The first kappa shape index (κ1) is 10.9. The third kappa shape index (κ3) is 1.85. The normalized spacial score (nSPS) is 9.93. The lowest BCUT2D eigenvalue weighted by Gasteiger charge is -2.02. The van der Waals surface area contributed by atoms with Gasteiger partial charge < -0.3 is 5.73 Å². The van der Waals surface area contributed by atoms with Gasteiger partial charge in [0, 0.05) is 5.56 Å². The molecule has 0 radical (unpaired) electrons. The van der Waals surface area contributed by atoms with Gasteiger partial charge in [-0.25, -0.2) is 0 Å². The molecule has 0 saturated carbocycles. The molecule has 7 heteroatoms. The van der Waals surface area contributed by atoms with Gasteiger partial charge in [0.05, 0.1) is 9.85 Å². The van der Waals surface area contributed by atoms with E-state index in [0.29, 0.717) is 12.0 Å². The zero-order valence-corrected chi connectivity index (χ0v) is 7.97. The van der Waals surface area contributed by atoms with Crippen LogP contribution >= 0.6 is 0 Å². The predicted octanol–water partition coefficient (Wildman–Crippen LogP) is 1.65.